The first-order valence-corrected chi connectivity index (χ1v) is 3.08. The van der Waals surface area contributed by atoms with Gasteiger partial charge < -0.3 is 11.5 Å². The molecular formula is C7H8F2N2. The Labute approximate surface area is 62.8 Å². The average molecular weight is 158 g/mol. The van der Waals surface area contributed by atoms with Gasteiger partial charge in [-0.2, -0.15) is 0 Å². The minimum Gasteiger partial charge on any atom is -0.396 e. The average Bonchev–Trinajstić information content (AvgIpc) is 1.96. The Bertz CT molecular complexity index is 273. The molecule has 1 aromatic carbocycles. The Morgan fingerprint density at radius 3 is 2.45 bits per heavy atom. The second-order valence-electron chi connectivity index (χ2n) is 2.17. The summed E-state index contributed by atoms with van der Waals surface area (Å²) in [5.74, 6) is -1.20. The SMILES string of the molecule is NCc1cc(F)cc(N)c1F. The molecule has 0 saturated heterocycles. The van der Waals surface area contributed by atoms with E-state index in [1.807, 2.05) is 0 Å². The Morgan fingerprint density at radius 1 is 1.27 bits per heavy atom. The van der Waals surface area contributed by atoms with E-state index in [0.717, 1.165) is 12.1 Å². The molecule has 0 atom stereocenters. The van der Waals surface area contributed by atoms with Crippen LogP contribution in [0.3, 0.4) is 0 Å². The summed E-state index contributed by atoms with van der Waals surface area (Å²) in [7, 11) is 0. The highest BCUT2D eigenvalue weighted by Crippen LogP contribution is 2.16. The van der Waals surface area contributed by atoms with Crippen LogP contribution in [0, 0.1) is 11.6 Å². The summed E-state index contributed by atoms with van der Waals surface area (Å²) >= 11 is 0. The normalized spacial score (nSPS) is 10.1. The summed E-state index contributed by atoms with van der Waals surface area (Å²) in [6.45, 7) is -0.0478. The summed E-state index contributed by atoms with van der Waals surface area (Å²) < 4.78 is 25.3. The highest BCUT2D eigenvalue weighted by Gasteiger charge is 2.06. The Balaban J connectivity index is 3.24. The van der Waals surface area contributed by atoms with Gasteiger partial charge in [-0.25, -0.2) is 8.78 Å². The number of rotatable bonds is 1. The van der Waals surface area contributed by atoms with Crippen molar-refractivity contribution in [2.45, 2.75) is 6.54 Å². The van der Waals surface area contributed by atoms with Crippen molar-refractivity contribution in [3.8, 4) is 0 Å². The molecule has 0 saturated carbocycles. The molecule has 0 radical (unpaired) electrons. The summed E-state index contributed by atoms with van der Waals surface area (Å²) in [5.41, 5.74) is 10.1. The molecular weight excluding hydrogens is 150 g/mol. The third-order valence-corrected chi connectivity index (χ3v) is 1.36. The minimum atomic E-state index is -0.631. The van der Waals surface area contributed by atoms with E-state index >= 15 is 0 Å². The van der Waals surface area contributed by atoms with Crippen LogP contribution >= 0.6 is 0 Å². The van der Waals surface area contributed by atoms with E-state index < -0.39 is 11.6 Å². The van der Waals surface area contributed by atoms with Gasteiger partial charge in [-0.05, 0) is 12.1 Å². The lowest BCUT2D eigenvalue weighted by Crippen LogP contribution is -2.03. The lowest BCUT2D eigenvalue weighted by molar-refractivity contribution is 0.590. The molecule has 0 bridgehead atoms. The fraction of sp³-hybridized carbons (Fsp3) is 0.143. The zero-order valence-electron chi connectivity index (χ0n) is 5.77. The predicted molar refractivity (Wildman–Crippen MR) is 38.7 cm³/mol. The Kier molecular flexibility index (Phi) is 2.05. The molecule has 0 aliphatic heterocycles. The van der Waals surface area contributed by atoms with Crippen molar-refractivity contribution in [3.63, 3.8) is 0 Å². The van der Waals surface area contributed by atoms with Crippen LogP contribution in [0.15, 0.2) is 12.1 Å². The van der Waals surface area contributed by atoms with Gasteiger partial charge in [0.05, 0.1) is 5.69 Å². The zero-order chi connectivity index (χ0) is 8.43. The summed E-state index contributed by atoms with van der Waals surface area (Å²) in [6.07, 6.45) is 0. The third-order valence-electron chi connectivity index (χ3n) is 1.36. The van der Waals surface area contributed by atoms with Crippen molar-refractivity contribution in [3.05, 3.63) is 29.3 Å². The third kappa shape index (κ3) is 1.46. The second kappa shape index (κ2) is 2.84. The molecule has 4 heteroatoms. The maximum Gasteiger partial charge on any atom is 0.150 e. The quantitative estimate of drug-likeness (QED) is 0.599. The van der Waals surface area contributed by atoms with Crippen molar-refractivity contribution < 1.29 is 8.78 Å². The highest BCUT2D eigenvalue weighted by atomic mass is 19.1. The van der Waals surface area contributed by atoms with Crippen LogP contribution < -0.4 is 11.5 Å². The van der Waals surface area contributed by atoms with Crippen LogP contribution in [0.1, 0.15) is 5.56 Å². The van der Waals surface area contributed by atoms with Crippen molar-refractivity contribution in [2.75, 3.05) is 5.73 Å². The lowest BCUT2D eigenvalue weighted by atomic mass is 10.2. The van der Waals surface area contributed by atoms with E-state index in [2.05, 4.69) is 0 Å². The first kappa shape index (κ1) is 7.94. The maximum absolute atomic E-state index is 12.8. The van der Waals surface area contributed by atoms with Crippen molar-refractivity contribution >= 4 is 5.69 Å². The standard InChI is InChI=1S/C7H8F2N2/c8-5-1-4(3-10)7(9)6(11)2-5/h1-2H,3,10-11H2. The first-order chi connectivity index (χ1) is 5.15. The molecule has 11 heavy (non-hydrogen) atoms. The van der Waals surface area contributed by atoms with E-state index in [4.69, 9.17) is 11.5 Å². The number of benzene rings is 1. The van der Waals surface area contributed by atoms with Crippen molar-refractivity contribution in [1.82, 2.24) is 0 Å². The van der Waals surface area contributed by atoms with E-state index in [0.29, 0.717) is 0 Å². The number of hydrogen-bond acceptors (Lipinski definition) is 2. The largest absolute Gasteiger partial charge is 0.396 e. The van der Waals surface area contributed by atoms with Gasteiger partial charge in [0.1, 0.15) is 5.82 Å². The molecule has 2 nitrogen and oxygen atoms in total. The predicted octanol–water partition coefficient (Wildman–Crippen LogP) is 1.01. The molecule has 0 fully saturated rings. The number of halogens is 2. The van der Waals surface area contributed by atoms with Gasteiger partial charge in [-0.1, -0.05) is 0 Å². The first-order valence-electron chi connectivity index (χ1n) is 3.08. The minimum absolute atomic E-state index is 0.0478. The molecule has 0 amide bonds. The fourth-order valence-electron chi connectivity index (χ4n) is 0.817. The second-order valence-corrected chi connectivity index (χ2v) is 2.17. The molecule has 0 heterocycles. The maximum atomic E-state index is 12.8. The van der Waals surface area contributed by atoms with E-state index in [9.17, 15) is 8.78 Å². The van der Waals surface area contributed by atoms with Crippen LogP contribution in [-0.4, -0.2) is 0 Å². The zero-order valence-corrected chi connectivity index (χ0v) is 5.77. The van der Waals surface area contributed by atoms with Gasteiger partial charge in [0.2, 0.25) is 0 Å². The van der Waals surface area contributed by atoms with Crippen LogP contribution in [-0.2, 0) is 6.54 Å². The number of nitrogen functional groups attached to an aromatic ring is 1. The van der Waals surface area contributed by atoms with E-state index in [-0.39, 0.29) is 17.8 Å². The number of hydrogen-bond donors (Lipinski definition) is 2. The molecule has 0 aliphatic rings. The van der Waals surface area contributed by atoms with Gasteiger partial charge in [0.15, 0.2) is 5.82 Å². The molecule has 60 valence electrons. The number of nitrogens with two attached hydrogens (primary N) is 2. The van der Waals surface area contributed by atoms with Crippen molar-refractivity contribution in [2.24, 2.45) is 5.73 Å². The van der Waals surface area contributed by atoms with Crippen LogP contribution in [0.25, 0.3) is 0 Å². The summed E-state index contributed by atoms with van der Waals surface area (Å²) in [5, 5.41) is 0. The fourth-order valence-corrected chi connectivity index (χ4v) is 0.817. The monoisotopic (exact) mass is 158 g/mol. The van der Waals surface area contributed by atoms with Gasteiger partial charge in [0, 0.05) is 12.1 Å². The summed E-state index contributed by atoms with van der Waals surface area (Å²) in [6, 6.07) is 1.96. The van der Waals surface area contributed by atoms with Gasteiger partial charge >= 0.3 is 0 Å². The summed E-state index contributed by atoms with van der Waals surface area (Å²) in [4.78, 5) is 0. The van der Waals surface area contributed by atoms with Gasteiger partial charge in [-0.3, -0.25) is 0 Å². The van der Waals surface area contributed by atoms with Crippen molar-refractivity contribution in [1.29, 1.82) is 0 Å². The molecule has 0 aromatic heterocycles. The molecule has 0 aliphatic carbocycles. The highest BCUT2D eigenvalue weighted by molar-refractivity contribution is 5.43. The molecule has 4 N–H and O–H groups in total. The van der Waals surface area contributed by atoms with Crippen LogP contribution in [0.5, 0.6) is 0 Å². The molecule has 0 spiro atoms. The van der Waals surface area contributed by atoms with E-state index in [1.165, 1.54) is 0 Å². The van der Waals surface area contributed by atoms with Gasteiger partial charge in [-0.15, -0.1) is 0 Å². The Morgan fingerprint density at radius 2 is 1.91 bits per heavy atom. The van der Waals surface area contributed by atoms with E-state index in [1.54, 1.807) is 0 Å². The number of anilines is 1. The molecule has 0 unspecified atom stereocenters. The molecule has 1 rings (SSSR count). The molecule has 1 aromatic rings. The lowest BCUT2D eigenvalue weighted by Gasteiger charge is -2.02. The van der Waals surface area contributed by atoms with Crippen LogP contribution in [0.4, 0.5) is 14.5 Å². The van der Waals surface area contributed by atoms with Crippen LogP contribution in [0.2, 0.25) is 0 Å². The van der Waals surface area contributed by atoms with Gasteiger partial charge in [0.25, 0.3) is 0 Å². The Hall–Kier alpha value is -1.16. The topological polar surface area (TPSA) is 52.0 Å². The smallest absolute Gasteiger partial charge is 0.150 e.